The lowest BCUT2D eigenvalue weighted by atomic mass is 10.1. The summed E-state index contributed by atoms with van der Waals surface area (Å²) in [6.45, 7) is 2.13. The van der Waals surface area contributed by atoms with Crippen molar-refractivity contribution in [1.82, 2.24) is 4.90 Å². The predicted octanol–water partition coefficient (Wildman–Crippen LogP) is 0.424. The molecule has 1 aromatic rings. The first-order valence-electron chi connectivity index (χ1n) is 6.45. The molecular weight excluding hydrogens is 244 g/mol. The third-order valence-electron chi connectivity index (χ3n) is 3.35. The zero-order valence-electron chi connectivity index (χ0n) is 11.2. The molecule has 0 aromatic heterocycles. The standard InChI is InChI=1S/C14H20N2O3/c1-18-13-5-3-2-4-11(13)8-14(17)16-6-7-19-10-12(16)9-15/h2-5,12H,6-10,15H2,1H3. The Morgan fingerprint density at radius 1 is 1.53 bits per heavy atom. The Morgan fingerprint density at radius 3 is 3.05 bits per heavy atom. The molecule has 1 heterocycles. The molecule has 0 saturated carbocycles. The molecule has 0 radical (unpaired) electrons. The quantitative estimate of drug-likeness (QED) is 0.856. The molecule has 5 heteroatoms. The minimum absolute atomic E-state index is 0.0176. The lowest BCUT2D eigenvalue weighted by Gasteiger charge is -2.35. The van der Waals surface area contributed by atoms with Gasteiger partial charge in [0.05, 0.1) is 32.8 Å². The molecule has 1 saturated heterocycles. The van der Waals surface area contributed by atoms with E-state index in [2.05, 4.69) is 0 Å². The van der Waals surface area contributed by atoms with Gasteiger partial charge in [-0.2, -0.15) is 0 Å². The first-order chi connectivity index (χ1) is 9.26. The summed E-state index contributed by atoms with van der Waals surface area (Å²) < 4.78 is 10.6. The number of benzene rings is 1. The van der Waals surface area contributed by atoms with Crippen molar-refractivity contribution in [3.05, 3.63) is 29.8 Å². The maximum absolute atomic E-state index is 12.4. The molecular formula is C14H20N2O3. The van der Waals surface area contributed by atoms with Gasteiger partial charge < -0.3 is 20.1 Å². The molecule has 2 N–H and O–H groups in total. The van der Waals surface area contributed by atoms with Gasteiger partial charge in [-0.1, -0.05) is 18.2 Å². The van der Waals surface area contributed by atoms with Crippen LogP contribution in [-0.2, 0) is 16.0 Å². The highest BCUT2D eigenvalue weighted by Crippen LogP contribution is 2.19. The molecule has 0 spiro atoms. The van der Waals surface area contributed by atoms with Gasteiger partial charge in [0.2, 0.25) is 5.91 Å². The van der Waals surface area contributed by atoms with Gasteiger partial charge in [0, 0.05) is 18.7 Å². The van der Waals surface area contributed by atoms with Crippen LogP contribution in [-0.4, -0.2) is 50.3 Å². The van der Waals surface area contributed by atoms with E-state index in [0.717, 1.165) is 11.3 Å². The van der Waals surface area contributed by atoms with Gasteiger partial charge in [0.15, 0.2) is 0 Å². The van der Waals surface area contributed by atoms with E-state index in [9.17, 15) is 4.79 Å². The molecule has 1 fully saturated rings. The number of ether oxygens (including phenoxy) is 2. The van der Waals surface area contributed by atoms with E-state index in [0.29, 0.717) is 32.7 Å². The number of hydrogen-bond donors (Lipinski definition) is 1. The highest BCUT2D eigenvalue weighted by atomic mass is 16.5. The van der Waals surface area contributed by atoms with Gasteiger partial charge in [-0.25, -0.2) is 0 Å². The van der Waals surface area contributed by atoms with Crippen LogP contribution in [0.4, 0.5) is 0 Å². The van der Waals surface area contributed by atoms with E-state index in [1.54, 1.807) is 7.11 Å². The lowest BCUT2D eigenvalue weighted by Crippen LogP contribution is -2.52. The van der Waals surface area contributed by atoms with Crippen LogP contribution >= 0.6 is 0 Å². The molecule has 19 heavy (non-hydrogen) atoms. The van der Waals surface area contributed by atoms with Crippen molar-refractivity contribution in [2.75, 3.05) is 33.4 Å². The molecule has 104 valence electrons. The van der Waals surface area contributed by atoms with Crippen LogP contribution in [0.25, 0.3) is 0 Å². The fraction of sp³-hybridized carbons (Fsp3) is 0.500. The summed E-state index contributed by atoms with van der Waals surface area (Å²) in [6.07, 6.45) is 0.334. The van der Waals surface area contributed by atoms with E-state index in [4.69, 9.17) is 15.2 Å². The van der Waals surface area contributed by atoms with E-state index >= 15 is 0 Å². The van der Waals surface area contributed by atoms with Crippen LogP contribution in [0.5, 0.6) is 5.75 Å². The highest BCUT2D eigenvalue weighted by molar-refractivity contribution is 5.80. The summed E-state index contributed by atoms with van der Waals surface area (Å²) in [5.74, 6) is 0.816. The number of amides is 1. The second-order valence-electron chi connectivity index (χ2n) is 4.54. The number of methoxy groups -OCH3 is 1. The van der Waals surface area contributed by atoms with E-state index in [1.807, 2.05) is 29.2 Å². The topological polar surface area (TPSA) is 64.8 Å². The SMILES string of the molecule is COc1ccccc1CC(=O)N1CCOCC1CN. The zero-order valence-corrected chi connectivity index (χ0v) is 11.2. The van der Waals surface area contributed by atoms with Crippen molar-refractivity contribution in [1.29, 1.82) is 0 Å². The number of para-hydroxylation sites is 1. The number of rotatable bonds is 4. The van der Waals surface area contributed by atoms with Crippen molar-refractivity contribution < 1.29 is 14.3 Å². The number of nitrogens with two attached hydrogens (primary N) is 1. The fourth-order valence-electron chi connectivity index (χ4n) is 2.29. The Hall–Kier alpha value is -1.59. The minimum Gasteiger partial charge on any atom is -0.496 e. The van der Waals surface area contributed by atoms with Crippen LogP contribution < -0.4 is 10.5 Å². The Labute approximate surface area is 113 Å². The van der Waals surface area contributed by atoms with Gasteiger partial charge in [-0.15, -0.1) is 0 Å². The Morgan fingerprint density at radius 2 is 2.32 bits per heavy atom. The summed E-state index contributed by atoms with van der Waals surface area (Å²) in [5, 5.41) is 0. The molecule has 1 aliphatic rings. The maximum atomic E-state index is 12.4. The van der Waals surface area contributed by atoms with Crippen LogP contribution in [0, 0.1) is 0 Å². The molecule has 5 nitrogen and oxygen atoms in total. The van der Waals surface area contributed by atoms with Gasteiger partial charge in [0.25, 0.3) is 0 Å². The molecule has 0 bridgehead atoms. The maximum Gasteiger partial charge on any atom is 0.227 e. The van der Waals surface area contributed by atoms with Crippen molar-refractivity contribution in [2.24, 2.45) is 5.73 Å². The zero-order chi connectivity index (χ0) is 13.7. The van der Waals surface area contributed by atoms with Crippen molar-refractivity contribution >= 4 is 5.91 Å². The van der Waals surface area contributed by atoms with E-state index in [-0.39, 0.29) is 11.9 Å². The van der Waals surface area contributed by atoms with Gasteiger partial charge >= 0.3 is 0 Å². The Bertz CT molecular complexity index is 436. The number of carbonyl (C=O) groups is 1. The average Bonchev–Trinajstić information content (AvgIpc) is 2.47. The van der Waals surface area contributed by atoms with Crippen LogP contribution in [0.3, 0.4) is 0 Å². The monoisotopic (exact) mass is 264 g/mol. The van der Waals surface area contributed by atoms with Crippen LogP contribution in [0.2, 0.25) is 0 Å². The highest BCUT2D eigenvalue weighted by Gasteiger charge is 2.26. The number of hydrogen-bond acceptors (Lipinski definition) is 4. The second kappa shape index (κ2) is 6.54. The first kappa shape index (κ1) is 13.8. The molecule has 1 aliphatic heterocycles. The number of nitrogens with zero attached hydrogens (tertiary/aromatic N) is 1. The molecule has 1 unspecified atom stereocenters. The van der Waals surface area contributed by atoms with Crippen molar-refractivity contribution in [3.63, 3.8) is 0 Å². The lowest BCUT2D eigenvalue weighted by molar-refractivity contribution is -0.138. The predicted molar refractivity (Wildman–Crippen MR) is 72.1 cm³/mol. The second-order valence-corrected chi connectivity index (χ2v) is 4.54. The molecule has 1 amide bonds. The molecule has 0 aliphatic carbocycles. The van der Waals surface area contributed by atoms with Gasteiger partial charge in [-0.05, 0) is 6.07 Å². The molecule has 1 atom stereocenters. The molecule has 2 rings (SSSR count). The average molecular weight is 264 g/mol. The summed E-state index contributed by atoms with van der Waals surface area (Å²) in [5.41, 5.74) is 6.58. The fourth-order valence-corrected chi connectivity index (χ4v) is 2.29. The van der Waals surface area contributed by atoms with Crippen molar-refractivity contribution in [2.45, 2.75) is 12.5 Å². The van der Waals surface area contributed by atoms with E-state index in [1.165, 1.54) is 0 Å². The van der Waals surface area contributed by atoms with E-state index < -0.39 is 0 Å². The number of morpholine rings is 1. The summed E-state index contributed by atoms with van der Waals surface area (Å²) in [4.78, 5) is 14.2. The van der Waals surface area contributed by atoms with Gasteiger partial charge in [-0.3, -0.25) is 4.79 Å². The van der Waals surface area contributed by atoms with Crippen LogP contribution in [0.15, 0.2) is 24.3 Å². The number of carbonyl (C=O) groups excluding carboxylic acids is 1. The summed E-state index contributed by atoms with van der Waals surface area (Å²) >= 11 is 0. The smallest absolute Gasteiger partial charge is 0.227 e. The third kappa shape index (κ3) is 3.24. The summed E-state index contributed by atoms with van der Waals surface area (Å²) in [6, 6.07) is 7.56. The Balaban J connectivity index is 2.07. The molecule has 1 aromatic carbocycles. The van der Waals surface area contributed by atoms with Crippen LogP contribution in [0.1, 0.15) is 5.56 Å². The Kier molecular flexibility index (Phi) is 4.76. The summed E-state index contributed by atoms with van der Waals surface area (Å²) in [7, 11) is 1.61. The van der Waals surface area contributed by atoms with Crippen molar-refractivity contribution in [3.8, 4) is 5.75 Å². The largest absolute Gasteiger partial charge is 0.496 e. The van der Waals surface area contributed by atoms with Gasteiger partial charge in [0.1, 0.15) is 5.75 Å². The first-order valence-corrected chi connectivity index (χ1v) is 6.45. The minimum atomic E-state index is -0.0176. The third-order valence-corrected chi connectivity index (χ3v) is 3.35. The normalized spacial score (nSPS) is 19.3.